The van der Waals surface area contributed by atoms with Gasteiger partial charge in [0, 0.05) is 60.0 Å². The predicted octanol–water partition coefficient (Wildman–Crippen LogP) is 11.0. The van der Waals surface area contributed by atoms with Crippen molar-refractivity contribution >= 4 is 77.4 Å². The molecular formula is C47H31F10N3O. The van der Waals surface area contributed by atoms with E-state index in [2.05, 4.69) is 49.8 Å². The summed E-state index contributed by atoms with van der Waals surface area (Å²) in [6.07, 6.45) is -13.9. The number of anilines is 2. The lowest BCUT2D eigenvalue weighted by Gasteiger charge is -2.38. The van der Waals surface area contributed by atoms with E-state index in [1.54, 1.807) is 30.4 Å². The third-order valence-corrected chi connectivity index (χ3v) is 10.7. The van der Waals surface area contributed by atoms with E-state index >= 15 is 26.3 Å². The molecule has 0 amide bonds. The molecule has 0 fully saturated rings. The van der Waals surface area contributed by atoms with Gasteiger partial charge >= 0.3 is 24.6 Å². The molecule has 2 heterocycles. The Labute approximate surface area is 340 Å². The van der Waals surface area contributed by atoms with Crippen molar-refractivity contribution in [3.63, 3.8) is 0 Å². The first-order valence-corrected chi connectivity index (χ1v) is 18.0. The molecule has 0 saturated carbocycles. The first-order chi connectivity index (χ1) is 28.5. The molecule has 5 aromatic carbocycles. The van der Waals surface area contributed by atoms with Crippen LogP contribution in [0.1, 0.15) is 38.2 Å². The summed E-state index contributed by atoms with van der Waals surface area (Å²) in [5, 5.41) is 2.89. The van der Waals surface area contributed by atoms with Crippen LogP contribution in [0.15, 0.2) is 104 Å². The Morgan fingerprint density at radius 3 is 1.69 bits per heavy atom. The quantitative estimate of drug-likeness (QED) is 0.112. The Kier molecular flexibility index (Phi) is 10.0. The summed E-state index contributed by atoms with van der Waals surface area (Å²) in [5.41, 5.74) is -8.28. The van der Waals surface area contributed by atoms with Crippen molar-refractivity contribution in [2.24, 2.45) is 0 Å². The molecule has 0 aliphatic heterocycles. The number of hydrogen-bond donors (Lipinski definition) is 2. The molecule has 14 heteroatoms. The molecule has 7 aromatic rings. The van der Waals surface area contributed by atoms with Crippen molar-refractivity contribution in [3.05, 3.63) is 159 Å². The number of nitrogens with zero attached hydrogens (tertiary/aromatic N) is 1. The molecule has 61 heavy (non-hydrogen) atoms. The van der Waals surface area contributed by atoms with E-state index in [1.165, 1.54) is 6.07 Å². The average Bonchev–Trinajstić information content (AvgIpc) is 3.61. The maximum Gasteiger partial charge on any atom is 0.417 e. The molecule has 0 atom stereocenters. The van der Waals surface area contributed by atoms with Crippen LogP contribution in [-0.4, -0.2) is 27.9 Å². The number of rotatable bonds is 9. The summed E-state index contributed by atoms with van der Waals surface area (Å²) in [6.45, 7) is 22.6. The molecule has 0 aliphatic rings. The highest BCUT2D eigenvalue weighted by atomic mass is 19.4. The van der Waals surface area contributed by atoms with Gasteiger partial charge in [-0.15, -0.1) is 0 Å². The van der Waals surface area contributed by atoms with E-state index < -0.39 is 63.4 Å². The summed E-state index contributed by atoms with van der Waals surface area (Å²) in [5.74, 6) is 0. The van der Waals surface area contributed by atoms with Gasteiger partial charge in [0.2, 0.25) is 5.41 Å². The van der Waals surface area contributed by atoms with Gasteiger partial charge in [0.15, 0.2) is 0 Å². The third kappa shape index (κ3) is 6.91. The molecule has 0 aliphatic carbocycles. The van der Waals surface area contributed by atoms with Gasteiger partial charge in [0.1, 0.15) is 0 Å². The smallest absolute Gasteiger partial charge is 0.355 e. The van der Waals surface area contributed by atoms with Gasteiger partial charge in [-0.3, -0.25) is 4.79 Å². The predicted molar refractivity (Wildman–Crippen MR) is 221 cm³/mol. The number of alkyl halides is 9. The normalized spacial score (nSPS) is 12.6. The van der Waals surface area contributed by atoms with E-state index in [1.807, 2.05) is 0 Å². The van der Waals surface area contributed by atoms with Gasteiger partial charge in [-0.2, -0.15) is 43.9 Å². The van der Waals surface area contributed by atoms with E-state index in [0.717, 1.165) is 47.0 Å². The summed E-state index contributed by atoms with van der Waals surface area (Å²) in [7, 11) is 0. The number of nitrogens with one attached hydrogen (secondary N) is 2. The maximum absolute atomic E-state index is 15.2. The van der Waals surface area contributed by atoms with Crippen LogP contribution in [0.4, 0.5) is 55.3 Å². The summed E-state index contributed by atoms with van der Waals surface area (Å²) in [6, 6.07) is 14.2. The standard InChI is InChI=1S/C47H31F10N3O/c1-7-28-17-29(8-2)19-33(18-28)59-32-11-15-37(41(22-32)43(48)61)38-16-12-34(23-42(38)45(49,50)51)60-26(5)36-14-10-31(21-40(36)27(60)6)44(46(52,53)54,47(55,56)57)30-9-13-35-24(3)58-25(4)39(35)20-30/h7-23,58-59H,1-6H2. The van der Waals surface area contributed by atoms with Crippen LogP contribution in [-0.2, 0) is 11.6 Å². The van der Waals surface area contributed by atoms with Crippen LogP contribution < -0.4 is 26.7 Å². The van der Waals surface area contributed by atoms with E-state index in [0.29, 0.717) is 41.1 Å². The van der Waals surface area contributed by atoms with Crippen LogP contribution in [0.2, 0.25) is 0 Å². The molecular weight excluding hydrogens is 813 g/mol. The largest absolute Gasteiger partial charge is 0.417 e. The molecule has 2 aromatic heterocycles. The Morgan fingerprint density at radius 1 is 0.590 bits per heavy atom. The first-order valence-electron chi connectivity index (χ1n) is 18.0. The Balaban J connectivity index is 1.38. The Hall–Kier alpha value is -7.09. The van der Waals surface area contributed by atoms with Gasteiger partial charge in [-0.25, -0.2) is 0 Å². The van der Waals surface area contributed by atoms with Crippen molar-refractivity contribution in [1.29, 1.82) is 0 Å². The highest BCUT2D eigenvalue weighted by Crippen LogP contribution is 2.56. The highest BCUT2D eigenvalue weighted by Gasteiger charge is 2.72. The number of halogens is 10. The SMILES string of the molecule is C=Cc1cc(C=C)cc(Nc2ccc(-c3ccc(-n4c(=C)c5ccc(C(c6ccc7c(=C)[nH]c(=C)c7c6)(C(F)(F)F)C(F)(F)F)cc5c4=C)cc3C(F)(F)F)c(C(=O)F)c2)c1. The fourth-order valence-electron chi connectivity index (χ4n) is 7.88. The van der Waals surface area contributed by atoms with Gasteiger partial charge in [-0.1, -0.05) is 88.0 Å². The molecule has 2 N–H and O–H groups in total. The number of carbonyl (C=O) groups excluding carboxylic acids is 1. The Bertz CT molecular complexity index is 3150. The number of hydrogen-bond acceptors (Lipinski definition) is 2. The lowest BCUT2D eigenvalue weighted by molar-refractivity contribution is -0.288. The minimum absolute atomic E-state index is 0.000274. The number of aromatic amines is 1. The van der Waals surface area contributed by atoms with Crippen molar-refractivity contribution < 1.29 is 48.7 Å². The molecule has 0 unspecified atom stereocenters. The van der Waals surface area contributed by atoms with E-state index in [4.69, 9.17) is 0 Å². The maximum atomic E-state index is 15.2. The number of carbonyl (C=O) groups is 1. The number of H-pyrrole nitrogens is 1. The van der Waals surface area contributed by atoms with Crippen molar-refractivity contribution in [2.75, 3.05) is 5.32 Å². The zero-order chi connectivity index (χ0) is 44.6. The van der Waals surface area contributed by atoms with Crippen molar-refractivity contribution in [3.8, 4) is 16.8 Å². The summed E-state index contributed by atoms with van der Waals surface area (Å²) in [4.78, 5) is 15.0. The summed E-state index contributed by atoms with van der Waals surface area (Å²) < 4.78 is 152. The number of aromatic nitrogens is 2. The Morgan fingerprint density at radius 2 is 1.13 bits per heavy atom. The van der Waals surface area contributed by atoms with Crippen LogP contribution in [0.5, 0.6) is 0 Å². The lowest BCUT2D eigenvalue weighted by atomic mass is 9.72. The fourth-order valence-corrected chi connectivity index (χ4v) is 7.88. The minimum atomic E-state index is -5.97. The molecule has 4 nitrogen and oxygen atoms in total. The molecule has 310 valence electrons. The average molecular weight is 844 g/mol. The second-order valence-electron chi connectivity index (χ2n) is 14.3. The zero-order valence-electron chi connectivity index (χ0n) is 31.7. The topological polar surface area (TPSA) is 49.8 Å². The lowest BCUT2D eigenvalue weighted by Crippen LogP contribution is -2.54. The van der Waals surface area contributed by atoms with E-state index in [9.17, 15) is 22.4 Å². The van der Waals surface area contributed by atoms with Gasteiger partial charge in [0.25, 0.3) is 0 Å². The van der Waals surface area contributed by atoms with Crippen LogP contribution >= 0.6 is 0 Å². The van der Waals surface area contributed by atoms with Crippen molar-refractivity contribution in [2.45, 2.75) is 23.9 Å². The van der Waals surface area contributed by atoms with E-state index in [-0.39, 0.29) is 54.3 Å². The molecule has 0 spiro atoms. The van der Waals surface area contributed by atoms with Crippen molar-refractivity contribution in [1.82, 2.24) is 9.55 Å². The second-order valence-corrected chi connectivity index (χ2v) is 14.3. The highest BCUT2D eigenvalue weighted by molar-refractivity contribution is 5.99. The monoisotopic (exact) mass is 843 g/mol. The molecule has 7 rings (SSSR count). The second kappa shape index (κ2) is 14.6. The molecule has 0 bridgehead atoms. The minimum Gasteiger partial charge on any atom is -0.355 e. The van der Waals surface area contributed by atoms with Gasteiger partial charge < -0.3 is 14.9 Å². The number of fused-ring (bicyclic) bond motifs is 2. The fraction of sp³-hybridized carbons (Fsp3) is 0.0851. The van der Waals surface area contributed by atoms with Gasteiger partial charge in [-0.05, 0) is 88.0 Å². The number of benzene rings is 5. The van der Waals surface area contributed by atoms with Gasteiger partial charge in [0.05, 0.1) is 11.1 Å². The molecule has 0 saturated heterocycles. The third-order valence-electron chi connectivity index (χ3n) is 10.7. The summed E-state index contributed by atoms with van der Waals surface area (Å²) >= 11 is 0. The molecule has 0 radical (unpaired) electrons. The zero-order valence-corrected chi connectivity index (χ0v) is 31.7. The van der Waals surface area contributed by atoms with Crippen LogP contribution in [0.3, 0.4) is 0 Å². The first kappa shape index (κ1) is 42.0. The van der Waals surface area contributed by atoms with Crippen LogP contribution in [0.25, 0.3) is 76.8 Å². The van der Waals surface area contributed by atoms with Crippen LogP contribution in [0, 0.1) is 0 Å².